The third-order valence-electron chi connectivity index (χ3n) is 7.23. The van der Waals surface area contributed by atoms with Crippen molar-refractivity contribution < 1.29 is 24.2 Å². The number of carbonyl (C=O) groups is 3. The van der Waals surface area contributed by atoms with Crippen LogP contribution in [0, 0.1) is 5.92 Å². The molecule has 0 aliphatic heterocycles. The number of fused-ring (bicyclic) bond motifs is 3. The highest BCUT2D eigenvalue weighted by molar-refractivity contribution is 5.93. The van der Waals surface area contributed by atoms with Crippen molar-refractivity contribution in [3.05, 3.63) is 59.7 Å². The molecule has 3 aliphatic carbocycles. The fourth-order valence-corrected chi connectivity index (χ4v) is 5.23. The second-order valence-electron chi connectivity index (χ2n) is 9.40. The van der Waals surface area contributed by atoms with Crippen LogP contribution >= 0.6 is 0 Å². The summed E-state index contributed by atoms with van der Waals surface area (Å²) in [5.41, 5.74) is 3.64. The maximum Gasteiger partial charge on any atom is 0.408 e. The molecule has 0 heterocycles. The third kappa shape index (κ3) is 4.19. The molecule has 2 fully saturated rings. The minimum Gasteiger partial charge on any atom is -0.481 e. The minimum absolute atomic E-state index is 0.0395. The van der Waals surface area contributed by atoms with Gasteiger partial charge in [0.05, 0.1) is 5.92 Å². The molecule has 0 radical (unpaired) electrons. The summed E-state index contributed by atoms with van der Waals surface area (Å²) in [6, 6.07) is 16.1. The Morgan fingerprint density at radius 2 is 1.61 bits per heavy atom. The van der Waals surface area contributed by atoms with Gasteiger partial charge in [0.15, 0.2) is 0 Å². The highest BCUT2D eigenvalue weighted by Crippen LogP contribution is 2.44. The molecule has 7 heteroatoms. The Kier molecular flexibility index (Phi) is 5.56. The lowest BCUT2D eigenvalue weighted by Gasteiger charge is -2.29. The number of hydrogen-bond donors (Lipinski definition) is 3. The Balaban J connectivity index is 1.19. The molecular weight excluding hydrogens is 420 g/mol. The van der Waals surface area contributed by atoms with Crippen LogP contribution in [0.25, 0.3) is 11.1 Å². The molecule has 2 saturated carbocycles. The van der Waals surface area contributed by atoms with Gasteiger partial charge in [-0.3, -0.25) is 9.59 Å². The number of aliphatic carboxylic acids is 1. The van der Waals surface area contributed by atoms with E-state index in [9.17, 15) is 19.5 Å². The lowest BCUT2D eigenvalue weighted by molar-refractivity contribution is -0.143. The van der Waals surface area contributed by atoms with E-state index in [1.807, 2.05) is 24.3 Å². The molecule has 2 aromatic carbocycles. The maximum absolute atomic E-state index is 12.9. The topological polar surface area (TPSA) is 105 Å². The molecule has 172 valence electrons. The van der Waals surface area contributed by atoms with Crippen LogP contribution in [-0.4, -0.2) is 41.3 Å². The molecule has 0 spiro atoms. The zero-order valence-electron chi connectivity index (χ0n) is 18.4. The summed E-state index contributed by atoms with van der Waals surface area (Å²) in [7, 11) is 0. The maximum atomic E-state index is 12.9. The molecule has 0 aromatic heterocycles. The highest BCUT2D eigenvalue weighted by atomic mass is 16.5. The van der Waals surface area contributed by atoms with Crippen LogP contribution in [0.2, 0.25) is 0 Å². The number of alkyl carbamates (subject to hydrolysis) is 1. The molecule has 33 heavy (non-hydrogen) atoms. The van der Waals surface area contributed by atoms with E-state index in [-0.39, 0.29) is 24.5 Å². The van der Waals surface area contributed by atoms with Gasteiger partial charge in [-0.05, 0) is 54.4 Å². The number of carboxylic acids is 1. The van der Waals surface area contributed by atoms with Crippen LogP contribution in [0.3, 0.4) is 0 Å². The molecule has 2 amide bonds. The summed E-state index contributed by atoms with van der Waals surface area (Å²) < 4.78 is 5.60. The average Bonchev–Trinajstić information content (AvgIpc) is 3.53. The molecule has 0 saturated heterocycles. The smallest absolute Gasteiger partial charge is 0.408 e. The van der Waals surface area contributed by atoms with E-state index in [1.54, 1.807) is 0 Å². The third-order valence-corrected chi connectivity index (χ3v) is 7.23. The van der Waals surface area contributed by atoms with E-state index < -0.39 is 23.5 Å². The SMILES string of the molecule is O=C(NC1(C(=O)N[C@H]2CCC[C@@H](C(=O)O)C2)CC1)OCC1c2ccccc2-c2ccccc21. The number of carbonyl (C=O) groups excluding carboxylic acids is 2. The molecule has 0 unspecified atom stereocenters. The van der Waals surface area contributed by atoms with E-state index >= 15 is 0 Å². The van der Waals surface area contributed by atoms with E-state index in [0.717, 1.165) is 35.1 Å². The summed E-state index contributed by atoms with van der Waals surface area (Å²) in [5.74, 6) is -1.52. The van der Waals surface area contributed by atoms with Crippen molar-refractivity contribution in [1.29, 1.82) is 0 Å². The number of amides is 2. The van der Waals surface area contributed by atoms with Crippen molar-refractivity contribution >= 4 is 18.0 Å². The van der Waals surface area contributed by atoms with Gasteiger partial charge in [0, 0.05) is 12.0 Å². The summed E-state index contributed by atoms with van der Waals surface area (Å²) in [5, 5.41) is 15.0. The molecular formula is C26H28N2O5. The Hall–Kier alpha value is -3.35. The van der Waals surface area contributed by atoms with Crippen molar-refractivity contribution in [3.8, 4) is 11.1 Å². The fourth-order valence-electron chi connectivity index (χ4n) is 5.23. The fraction of sp³-hybridized carbons (Fsp3) is 0.423. The highest BCUT2D eigenvalue weighted by Gasteiger charge is 2.52. The van der Waals surface area contributed by atoms with Gasteiger partial charge in [-0.25, -0.2) is 4.79 Å². The van der Waals surface area contributed by atoms with Gasteiger partial charge in [-0.15, -0.1) is 0 Å². The number of carboxylic acid groups (broad SMARTS) is 1. The van der Waals surface area contributed by atoms with Gasteiger partial charge >= 0.3 is 12.1 Å². The largest absolute Gasteiger partial charge is 0.481 e. The van der Waals surface area contributed by atoms with E-state index in [1.165, 1.54) is 0 Å². The standard InChI is InChI=1S/C26H28N2O5/c29-23(30)16-6-5-7-17(14-16)27-24(31)26(12-13-26)28-25(32)33-15-22-20-10-3-1-8-18(20)19-9-2-4-11-21(19)22/h1-4,8-11,16-17,22H,5-7,12-15H2,(H,27,31)(H,28,32)(H,29,30)/t16-,17+/m1/s1. The number of benzene rings is 2. The van der Waals surface area contributed by atoms with E-state index in [2.05, 4.69) is 34.9 Å². The first-order chi connectivity index (χ1) is 16.0. The molecule has 2 aromatic rings. The molecule has 2 atom stereocenters. The normalized spacial score (nSPS) is 22.5. The van der Waals surface area contributed by atoms with Crippen LogP contribution in [-0.2, 0) is 14.3 Å². The average molecular weight is 449 g/mol. The van der Waals surface area contributed by atoms with Crippen molar-refractivity contribution in [2.24, 2.45) is 5.92 Å². The van der Waals surface area contributed by atoms with E-state index in [4.69, 9.17) is 4.74 Å². The van der Waals surface area contributed by atoms with Gasteiger partial charge < -0.3 is 20.5 Å². The summed E-state index contributed by atoms with van der Waals surface area (Å²) in [6.07, 6.45) is 3.12. The van der Waals surface area contributed by atoms with Gasteiger partial charge in [-0.2, -0.15) is 0 Å². The van der Waals surface area contributed by atoms with Gasteiger partial charge in [-0.1, -0.05) is 55.0 Å². The minimum atomic E-state index is -0.946. The van der Waals surface area contributed by atoms with Crippen molar-refractivity contribution in [2.45, 2.75) is 56.0 Å². The van der Waals surface area contributed by atoms with Crippen molar-refractivity contribution in [2.75, 3.05) is 6.61 Å². The lowest BCUT2D eigenvalue weighted by Crippen LogP contribution is -2.52. The van der Waals surface area contributed by atoms with Gasteiger partial charge in [0.2, 0.25) is 5.91 Å². The van der Waals surface area contributed by atoms with Gasteiger partial charge in [0.1, 0.15) is 12.1 Å². The van der Waals surface area contributed by atoms with Crippen LogP contribution in [0.5, 0.6) is 0 Å². The van der Waals surface area contributed by atoms with Crippen LogP contribution in [0.4, 0.5) is 4.79 Å². The summed E-state index contributed by atoms with van der Waals surface area (Å²) in [6.45, 7) is 0.195. The van der Waals surface area contributed by atoms with Crippen LogP contribution in [0.1, 0.15) is 55.6 Å². The van der Waals surface area contributed by atoms with Crippen molar-refractivity contribution in [3.63, 3.8) is 0 Å². The predicted molar refractivity (Wildman–Crippen MR) is 122 cm³/mol. The summed E-state index contributed by atoms with van der Waals surface area (Å²) in [4.78, 5) is 36.8. The molecule has 3 aliphatic rings. The first-order valence-electron chi connectivity index (χ1n) is 11.6. The Labute approximate surface area is 192 Å². The zero-order chi connectivity index (χ0) is 23.0. The van der Waals surface area contributed by atoms with Gasteiger partial charge in [0.25, 0.3) is 0 Å². The number of nitrogens with one attached hydrogen (secondary N) is 2. The monoisotopic (exact) mass is 448 g/mol. The predicted octanol–water partition coefficient (Wildman–Crippen LogP) is 3.82. The first kappa shape index (κ1) is 21.5. The summed E-state index contributed by atoms with van der Waals surface area (Å²) >= 11 is 0. The molecule has 7 nitrogen and oxygen atoms in total. The number of hydrogen-bond acceptors (Lipinski definition) is 4. The second kappa shape index (κ2) is 8.54. The quantitative estimate of drug-likeness (QED) is 0.623. The van der Waals surface area contributed by atoms with Crippen LogP contribution in [0.15, 0.2) is 48.5 Å². The van der Waals surface area contributed by atoms with E-state index in [0.29, 0.717) is 25.7 Å². The Morgan fingerprint density at radius 1 is 0.970 bits per heavy atom. The molecule has 0 bridgehead atoms. The second-order valence-corrected chi connectivity index (χ2v) is 9.40. The number of ether oxygens (including phenoxy) is 1. The Bertz CT molecular complexity index is 1050. The molecule has 5 rings (SSSR count). The molecule has 3 N–H and O–H groups in total. The lowest BCUT2D eigenvalue weighted by atomic mass is 9.85. The Morgan fingerprint density at radius 3 is 2.21 bits per heavy atom. The zero-order valence-corrected chi connectivity index (χ0v) is 18.4. The van der Waals surface area contributed by atoms with Crippen LogP contribution < -0.4 is 10.6 Å². The first-order valence-corrected chi connectivity index (χ1v) is 11.6. The number of rotatable bonds is 6. The van der Waals surface area contributed by atoms with Crippen molar-refractivity contribution in [1.82, 2.24) is 10.6 Å².